The summed E-state index contributed by atoms with van der Waals surface area (Å²) in [5.41, 5.74) is 0.971. The predicted molar refractivity (Wildman–Crippen MR) is 113 cm³/mol. The minimum atomic E-state index is -0.666. The number of nitrogens with one attached hydrogen (secondary N) is 1. The second kappa shape index (κ2) is 10.7. The lowest BCUT2D eigenvalue weighted by Crippen LogP contribution is -2.14. The van der Waals surface area contributed by atoms with E-state index in [0.717, 1.165) is 0 Å². The van der Waals surface area contributed by atoms with Gasteiger partial charge in [0, 0.05) is 6.08 Å². The Balaban J connectivity index is 2.32. The van der Waals surface area contributed by atoms with Crippen molar-refractivity contribution < 1.29 is 38.1 Å². The van der Waals surface area contributed by atoms with E-state index in [1.807, 2.05) is 0 Å². The van der Waals surface area contributed by atoms with E-state index in [1.54, 1.807) is 12.1 Å². The Labute approximate surface area is 179 Å². The Morgan fingerprint density at radius 3 is 1.94 bits per heavy atom. The highest BCUT2D eigenvalue weighted by atomic mass is 16.5. The van der Waals surface area contributed by atoms with Crippen molar-refractivity contribution in [1.29, 1.82) is 0 Å². The van der Waals surface area contributed by atoms with Gasteiger partial charge >= 0.3 is 11.9 Å². The number of benzene rings is 2. The fourth-order valence-electron chi connectivity index (χ4n) is 2.72. The van der Waals surface area contributed by atoms with Gasteiger partial charge in [0.15, 0.2) is 11.5 Å². The lowest BCUT2D eigenvalue weighted by atomic mass is 10.1. The van der Waals surface area contributed by atoms with Crippen molar-refractivity contribution in [2.24, 2.45) is 0 Å². The zero-order valence-electron chi connectivity index (χ0n) is 17.8. The van der Waals surface area contributed by atoms with Crippen LogP contribution in [-0.4, -0.2) is 53.4 Å². The lowest BCUT2D eigenvalue weighted by Gasteiger charge is -2.13. The Bertz CT molecular complexity index is 988. The topological polar surface area (TPSA) is 109 Å². The molecule has 31 heavy (non-hydrogen) atoms. The van der Waals surface area contributed by atoms with Crippen molar-refractivity contribution in [2.45, 2.75) is 0 Å². The first kappa shape index (κ1) is 23.3. The molecule has 2 aromatic rings. The van der Waals surface area contributed by atoms with Crippen LogP contribution in [0.2, 0.25) is 0 Å². The van der Waals surface area contributed by atoms with Crippen LogP contribution in [0.25, 0.3) is 6.08 Å². The third-order valence-electron chi connectivity index (χ3n) is 4.22. The highest BCUT2D eigenvalue weighted by Crippen LogP contribution is 2.38. The normalized spacial score (nSPS) is 10.4. The smallest absolute Gasteiger partial charge is 0.339 e. The number of rotatable bonds is 8. The number of anilines is 1. The first-order valence-corrected chi connectivity index (χ1v) is 8.98. The van der Waals surface area contributed by atoms with Crippen molar-refractivity contribution in [3.63, 3.8) is 0 Å². The maximum Gasteiger partial charge on any atom is 0.339 e. The number of ether oxygens (including phenoxy) is 5. The van der Waals surface area contributed by atoms with Gasteiger partial charge in [0.05, 0.1) is 52.4 Å². The minimum Gasteiger partial charge on any atom is -0.493 e. The van der Waals surface area contributed by atoms with E-state index in [1.165, 1.54) is 65.9 Å². The van der Waals surface area contributed by atoms with Crippen molar-refractivity contribution in [2.75, 3.05) is 40.9 Å². The molecule has 0 aliphatic rings. The van der Waals surface area contributed by atoms with Gasteiger partial charge in [-0.2, -0.15) is 0 Å². The van der Waals surface area contributed by atoms with E-state index in [0.29, 0.717) is 22.8 Å². The van der Waals surface area contributed by atoms with Crippen molar-refractivity contribution in [3.8, 4) is 17.2 Å². The van der Waals surface area contributed by atoms with E-state index >= 15 is 0 Å². The minimum absolute atomic E-state index is 0.0877. The molecular formula is C22H23NO8. The fraction of sp³-hybridized carbons (Fsp3) is 0.227. The molecule has 9 nitrogen and oxygen atoms in total. The van der Waals surface area contributed by atoms with Crippen LogP contribution in [0.4, 0.5) is 5.69 Å². The summed E-state index contributed by atoms with van der Waals surface area (Å²) in [5.74, 6) is -0.531. The molecule has 164 valence electrons. The standard InChI is InChI=1S/C22H23NO8/c1-27-17-10-13(11-18(28-2)20(17)29-3)6-9-19(24)23-16-12-14(21(25)30-4)7-8-15(16)22(26)31-5/h6-12H,1-5H3,(H,23,24)/b9-6+. The zero-order valence-corrected chi connectivity index (χ0v) is 17.8. The third kappa shape index (κ3) is 5.53. The van der Waals surface area contributed by atoms with Gasteiger partial charge in [0.1, 0.15) is 0 Å². The number of methoxy groups -OCH3 is 5. The van der Waals surface area contributed by atoms with Crippen LogP contribution in [0.15, 0.2) is 36.4 Å². The summed E-state index contributed by atoms with van der Waals surface area (Å²) in [7, 11) is 6.91. The van der Waals surface area contributed by atoms with E-state index < -0.39 is 17.8 Å². The van der Waals surface area contributed by atoms with Gasteiger partial charge in [-0.1, -0.05) is 0 Å². The number of hydrogen-bond acceptors (Lipinski definition) is 8. The van der Waals surface area contributed by atoms with Gasteiger partial charge in [-0.05, 0) is 42.0 Å². The SMILES string of the molecule is COC(=O)c1ccc(C(=O)OC)c(NC(=O)/C=C/c2cc(OC)c(OC)c(OC)c2)c1. The Kier molecular flexibility index (Phi) is 8.01. The summed E-state index contributed by atoms with van der Waals surface area (Å²) in [4.78, 5) is 36.3. The summed E-state index contributed by atoms with van der Waals surface area (Å²) in [6.07, 6.45) is 2.79. The van der Waals surface area contributed by atoms with E-state index in [2.05, 4.69) is 10.1 Å². The van der Waals surface area contributed by atoms with Gasteiger partial charge in [0.2, 0.25) is 11.7 Å². The summed E-state index contributed by atoms with van der Waals surface area (Å²) in [6, 6.07) is 7.45. The molecule has 0 radical (unpaired) electrons. The van der Waals surface area contributed by atoms with Crippen LogP contribution >= 0.6 is 0 Å². The van der Waals surface area contributed by atoms with Gasteiger partial charge in [0.25, 0.3) is 0 Å². The second-order valence-corrected chi connectivity index (χ2v) is 6.02. The molecule has 0 saturated carbocycles. The number of amides is 1. The fourth-order valence-corrected chi connectivity index (χ4v) is 2.72. The molecule has 0 unspecified atom stereocenters. The molecule has 0 saturated heterocycles. The highest BCUT2D eigenvalue weighted by molar-refractivity contribution is 6.07. The Morgan fingerprint density at radius 2 is 1.42 bits per heavy atom. The lowest BCUT2D eigenvalue weighted by molar-refractivity contribution is -0.111. The summed E-state index contributed by atoms with van der Waals surface area (Å²) in [5, 5.41) is 2.57. The van der Waals surface area contributed by atoms with Crippen LogP contribution in [0.5, 0.6) is 17.2 Å². The molecule has 0 aromatic heterocycles. The molecule has 0 bridgehead atoms. The Morgan fingerprint density at radius 1 is 0.806 bits per heavy atom. The van der Waals surface area contributed by atoms with Crippen LogP contribution < -0.4 is 19.5 Å². The zero-order chi connectivity index (χ0) is 23.0. The molecule has 2 rings (SSSR count). The van der Waals surface area contributed by atoms with Crippen molar-refractivity contribution >= 4 is 29.6 Å². The average Bonchev–Trinajstić information content (AvgIpc) is 2.80. The van der Waals surface area contributed by atoms with Gasteiger partial charge in [-0.3, -0.25) is 4.79 Å². The Hall–Kier alpha value is -4.01. The molecule has 0 atom stereocenters. The molecule has 9 heteroatoms. The van der Waals surface area contributed by atoms with E-state index in [4.69, 9.17) is 18.9 Å². The maximum atomic E-state index is 12.5. The van der Waals surface area contributed by atoms with Gasteiger partial charge < -0.3 is 29.0 Å². The molecule has 0 aliphatic heterocycles. The molecular weight excluding hydrogens is 406 g/mol. The molecule has 2 aromatic carbocycles. The first-order valence-electron chi connectivity index (χ1n) is 8.98. The molecule has 1 amide bonds. The largest absolute Gasteiger partial charge is 0.493 e. The molecule has 0 aliphatic carbocycles. The first-order chi connectivity index (χ1) is 14.9. The number of carbonyl (C=O) groups excluding carboxylic acids is 3. The second-order valence-electron chi connectivity index (χ2n) is 6.02. The number of carbonyl (C=O) groups is 3. The predicted octanol–water partition coefficient (Wildman–Crippen LogP) is 2.94. The third-order valence-corrected chi connectivity index (χ3v) is 4.22. The van der Waals surface area contributed by atoms with Gasteiger partial charge in [-0.15, -0.1) is 0 Å². The van der Waals surface area contributed by atoms with Crippen LogP contribution in [0.3, 0.4) is 0 Å². The van der Waals surface area contributed by atoms with Gasteiger partial charge in [-0.25, -0.2) is 9.59 Å². The quantitative estimate of drug-likeness (QED) is 0.504. The average molecular weight is 429 g/mol. The molecule has 1 N–H and O–H groups in total. The maximum absolute atomic E-state index is 12.5. The molecule has 0 heterocycles. The highest BCUT2D eigenvalue weighted by Gasteiger charge is 2.17. The summed E-state index contributed by atoms with van der Waals surface area (Å²) < 4.78 is 25.2. The van der Waals surface area contributed by atoms with Crippen LogP contribution in [0, 0.1) is 0 Å². The van der Waals surface area contributed by atoms with E-state index in [-0.39, 0.29) is 16.8 Å². The molecule has 0 spiro atoms. The summed E-state index contributed by atoms with van der Waals surface area (Å²) >= 11 is 0. The van der Waals surface area contributed by atoms with Crippen molar-refractivity contribution in [1.82, 2.24) is 0 Å². The monoisotopic (exact) mass is 429 g/mol. The van der Waals surface area contributed by atoms with Crippen LogP contribution in [0.1, 0.15) is 26.3 Å². The summed E-state index contributed by atoms with van der Waals surface area (Å²) in [6.45, 7) is 0. The molecule has 0 fully saturated rings. The van der Waals surface area contributed by atoms with Crippen LogP contribution in [-0.2, 0) is 14.3 Å². The van der Waals surface area contributed by atoms with E-state index in [9.17, 15) is 14.4 Å². The van der Waals surface area contributed by atoms with Crippen molar-refractivity contribution in [3.05, 3.63) is 53.1 Å². The number of esters is 2. The number of hydrogen-bond donors (Lipinski definition) is 1.